The van der Waals surface area contributed by atoms with E-state index in [1.165, 1.54) is 24.3 Å². The number of hydrogen-bond donors (Lipinski definition) is 0. The van der Waals surface area contributed by atoms with Gasteiger partial charge in [-0.25, -0.2) is 0 Å². The van der Waals surface area contributed by atoms with Gasteiger partial charge in [0, 0.05) is 35.1 Å². The maximum absolute atomic E-state index is 12.2. The van der Waals surface area contributed by atoms with Gasteiger partial charge in [0.15, 0.2) is 23.1 Å². The topological polar surface area (TPSA) is 68.3 Å². The molecule has 88 valence electrons. The number of carbonyl (C=O) groups is 4. The molecule has 0 spiro atoms. The molecular weight excluding hydrogens is 232 g/mol. The Morgan fingerprint density at radius 2 is 1.00 bits per heavy atom. The van der Waals surface area contributed by atoms with E-state index in [1.807, 2.05) is 0 Å². The van der Waals surface area contributed by atoms with E-state index >= 15 is 0 Å². The smallest absolute Gasteiger partial charge is 0.194 e. The number of rotatable bonds is 0. The predicted octanol–water partition coefficient (Wildman–Crippen LogP) is 0.789. The Bertz CT molecular complexity index is 595. The molecule has 4 nitrogen and oxygen atoms in total. The summed E-state index contributed by atoms with van der Waals surface area (Å²) in [6.45, 7) is 0. The van der Waals surface area contributed by atoms with Crippen LogP contribution in [0.4, 0.5) is 0 Å². The summed E-state index contributed by atoms with van der Waals surface area (Å²) in [5, 5.41) is 0. The number of ketones is 4. The average Bonchev–Trinajstić information content (AvgIpc) is 2.36. The molecule has 0 bridgehead atoms. The van der Waals surface area contributed by atoms with Gasteiger partial charge in [-0.1, -0.05) is 12.2 Å². The van der Waals surface area contributed by atoms with Crippen LogP contribution in [0.25, 0.3) is 0 Å². The number of Topliss-reactive ketones (excluding diaryl/α,β-unsaturated/α-hetero) is 2. The van der Waals surface area contributed by atoms with Gasteiger partial charge >= 0.3 is 0 Å². The molecule has 1 fully saturated rings. The molecule has 0 aromatic rings. The van der Waals surface area contributed by atoms with Crippen molar-refractivity contribution < 1.29 is 19.2 Å². The Balaban J connectivity index is 2.19. The van der Waals surface area contributed by atoms with Crippen molar-refractivity contribution in [2.75, 3.05) is 0 Å². The Morgan fingerprint density at radius 1 is 0.611 bits per heavy atom. The minimum atomic E-state index is -0.340. The molecule has 0 amide bonds. The van der Waals surface area contributed by atoms with Gasteiger partial charge in [0.05, 0.1) is 0 Å². The normalized spacial score (nSPS) is 22.7. The molecule has 0 aromatic carbocycles. The van der Waals surface area contributed by atoms with Crippen molar-refractivity contribution >= 4 is 23.1 Å². The molecular formula is C14H8O4. The number of fused-ring (bicyclic) bond motifs is 2. The molecule has 3 rings (SSSR count). The van der Waals surface area contributed by atoms with Crippen LogP contribution in [0.1, 0.15) is 12.8 Å². The second-order valence-electron chi connectivity index (χ2n) is 4.35. The highest BCUT2D eigenvalue weighted by Crippen LogP contribution is 2.35. The van der Waals surface area contributed by atoms with Crippen molar-refractivity contribution in [1.29, 1.82) is 0 Å². The third kappa shape index (κ3) is 1.39. The summed E-state index contributed by atoms with van der Waals surface area (Å²) in [7, 11) is 0. The monoisotopic (exact) mass is 240 g/mol. The number of hydrogen-bond acceptors (Lipinski definition) is 4. The largest absolute Gasteiger partial charge is 0.294 e. The van der Waals surface area contributed by atoms with E-state index in [-0.39, 0.29) is 58.3 Å². The van der Waals surface area contributed by atoms with Gasteiger partial charge in [-0.3, -0.25) is 19.2 Å². The van der Waals surface area contributed by atoms with Crippen LogP contribution in [0.2, 0.25) is 0 Å². The van der Waals surface area contributed by atoms with Crippen molar-refractivity contribution in [1.82, 2.24) is 0 Å². The van der Waals surface area contributed by atoms with Crippen molar-refractivity contribution in [2.45, 2.75) is 12.8 Å². The molecule has 1 saturated carbocycles. The Labute approximate surface area is 102 Å². The molecule has 0 aliphatic heterocycles. The van der Waals surface area contributed by atoms with E-state index in [2.05, 4.69) is 0 Å². The van der Waals surface area contributed by atoms with E-state index in [1.54, 1.807) is 0 Å². The molecule has 0 heterocycles. The fourth-order valence-corrected chi connectivity index (χ4v) is 2.32. The van der Waals surface area contributed by atoms with E-state index in [9.17, 15) is 19.2 Å². The maximum atomic E-state index is 12.2. The summed E-state index contributed by atoms with van der Waals surface area (Å²) in [4.78, 5) is 46.9. The van der Waals surface area contributed by atoms with E-state index < -0.39 is 0 Å². The molecule has 0 saturated heterocycles. The Kier molecular flexibility index (Phi) is 2.13. The van der Waals surface area contributed by atoms with Gasteiger partial charge < -0.3 is 0 Å². The van der Waals surface area contributed by atoms with Gasteiger partial charge in [-0.05, 0) is 12.2 Å². The van der Waals surface area contributed by atoms with Crippen LogP contribution in [0.15, 0.2) is 46.6 Å². The van der Waals surface area contributed by atoms with Crippen LogP contribution in [0.3, 0.4) is 0 Å². The van der Waals surface area contributed by atoms with Gasteiger partial charge in [0.2, 0.25) is 0 Å². The third-order valence-electron chi connectivity index (χ3n) is 3.18. The molecule has 0 N–H and O–H groups in total. The second-order valence-corrected chi connectivity index (χ2v) is 4.35. The average molecular weight is 240 g/mol. The first-order valence-electron chi connectivity index (χ1n) is 5.57. The predicted molar refractivity (Wildman–Crippen MR) is 61.6 cm³/mol. The number of carbonyl (C=O) groups excluding carboxylic acids is 4. The van der Waals surface area contributed by atoms with Crippen LogP contribution in [0, 0.1) is 0 Å². The highest BCUT2D eigenvalue weighted by molar-refractivity contribution is 6.36. The summed E-state index contributed by atoms with van der Waals surface area (Å²) in [6.07, 6.45) is 5.63. The van der Waals surface area contributed by atoms with Gasteiger partial charge in [0.1, 0.15) is 0 Å². The van der Waals surface area contributed by atoms with Gasteiger partial charge in [-0.2, -0.15) is 0 Å². The van der Waals surface area contributed by atoms with Crippen molar-refractivity contribution in [3.05, 3.63) is 46.6 Å². The maximum Gasteiger partial charge on any atom is 0.194 e. The highest BCUT2D eigenvalue weighted by atomic mass is 16.1. The van der Waals surface area contributed by atoms with Crippen molar-refractivity contribution in [2.24, 2.45) is 0 Å². The molecule has 0 unspecified atom stereocenters. The summed E-state index contributed by atoms with van der Waals surface area (Å²) in [5.41, 5.74) is 0.818. The lowest BCUT2D eigenvalue weighted by molar-refractivity contribution is -0.118. The summed E-state index contributed by atoms with van der Waals surface area (Å²) < 4.78 is 0. The van der Waals surface area contributed by atoms with Crippen LogP contribution in [0.5, 0.6) is 0 Å². The SMILES string of the molecule is O=C1C=C2C(=O)C3=CCC(=O)C=C3C(=O)C2=CC1. The minimum Gasteiger partial charge on any atom is -0.294 e. The van der Waals surface area contributed by atoms with Crippen LogP contribution in [-0.4, -0.2) is 23.1 Å². The molecule has 3 aliphatic carbocycles. The quantitative estimate of drug-likeness (QED) is 0.627. The highest BCUT2D eigenvalue weighted by Gasteiger charge is 2.38. The molecule has 18 heavy (non-hydrogen) atoms. The van der Waals surface area contributed by atoms with Gasteiger partial charge in [0.25, 0.3) is 0 Å². The second kappa shape index (κ2) is 3.57. The number of allylic oxidation sites excluding steroid dienone is 8. The first kappa shape index (κ1) is 10.8. The summed E-state index contributed by atoms with van der Waals surface area (Å²) in [5.74, 6) is -1.05. The van der Waals surface area contributed by atoms with E-state index in [0.717, 1.165) is 0 Å². The zero-order valence-electron chi connectivity index (χ0n) is 9.36. The first-order valence-corrected chi connectivity index (χ1v) is 5.57. The zero-order valence-corrected chi connectivity index (χ0v) is 9.36. The van der Waals surface area contributed by atoms with Gasteiger partial charge in [-0.15, -0.1) is 0 Å². The minimum absolute atomic E-state index is 0.123. The molecule has 0 aromatic heterocycles. The summed E-state index contributed by atoms with van der Waals surface area (Å²) in [6, 6.07) is 0. The molecule has 4 heteroatoms. The lowest BCUT2D eigenvalue weighted by Crippen LogP contribution is -2.29. The Hall–Kier alpha value is -2.36. The lowest BCUT2D eigenvalue weighted by atomic mass is 9.75. The Morgan fingerprint density at radius 3 is 1.39 bits per heavy atom. The molecule has 0 radical (unpaired) electrons. The zero-order chi connectivity index (χ0) is 12.9. The standard InChI is InChI=1S/C14H8O4/c15-7-1-3-9-11(5-7)14(18)10-4-2-8(16)6-12(10)13(9)17/h3-6H,1-2H2. The van der Waals surface area contributed by atoms with Crippen LogP contribution in [-0.2, 0) is 19.2 Å². The lowest BCUT2D eigenvalue weighted by Gasteiger charge is -2.24. The molecule has 3 aliphatic rings. The van der Waals surface area contributed by atoms with E-state index in [0.29, 0.717) is 0 Å². The van der Waals surface area contributed by atoms with Crippen molar-refractivity contribution in [3.63, 3.8) is 0 Å². The fourth-order valence-electron chi connectivity index (χ4n) is 2.32. The fraction of sp³-hybridized carbons (Fsp3) is 0.143. The van der Waals surface area contributed by atoms with Crippen molar-refractivity contribution in [3.8, 4) is 0 Å². The third-order valence-corrected chi connectivity index (χ3v) is 3.18. The summed E-state index contributed by atoms with van der Waals surface area (Å²) >= 11 is 0. The van der Waals surface area contributed by atoms with Crippen LogP contribution >= 0.6 is 0 Å². The van der Waals surface area contributed by atoms with E-state index in [4.69, 9.17) is 0 Å². The van der Waals surface area contributed by atoms with Crippen LogP contribution < -0.4 is 0 Å². The first-order chi connectivity index (χ1) is 8.58. The molecule has 0 atom stereocenters.